The van der Waals surface area contributed by atoms with E-state index >= 15 is 0 Å². The van der Waals surface area contributed by atoms with E-state index in [9.17, 15) is 19.5 Å². The zero-order valence-corrected chi connectivity index (χ0v) is 15.2. The van der Waals surface area contributed by atoms with E-state index in [0.29, 0.717) is 12.8 Å². The molecule has 2 atom stereocenters. The van der Waals surface area contributed by atoms with Gasteiger partial charge >= 0.3 is 11.9 Å². The molecule has 0 aliphatic heterocycles. The van der Waals surface area contributed by atoms with Gasteiger partial charge in [0.15, 0.2) is 12.0 Å². The van der Waals surface area contributed by atoms with Crippen molar-refractivity contribution in [1.82, 2.24) is 0 Å². The average molecular weight is 344 g/mol. The molecule has 2 unspecified atom stereocenters. The van der Waals surface area contributed by atoms with Crippen molar-refractivity contribution in [1.29, 1.82) is 0 Å². The number of ketones is 1. The Hall–Kier alpha value is -1.43. The zero-order valence-electron chi connectivity index (χ0n) is 15.2. The van der Waals surface area contributed by atoms with Gasteiger partial charge in [-0.05, 0) is 19.8 Å². The second-order valence-corrected chi connectivity index (χ2v) is 5.99. The molecule has 0 aromatic heterocycles. The third-order valence-electron chi connectivity index (χ3n) is 3.73. The predicted molar refractivity (Wildman–Crippen MR) is 90.4 cm³/mol. The average Bonchev–Trinajstić information content (AvgIpc) is 2.54. The molecule has 0 aromatic carbocycles. The first-order valence-electron chi connectivity index (χ1n) is 8.97. The molecule has 0 amide bonds. The van der Waals surface area contributed by atoms with E-state index in [1.807, 2.05) is 0 Å². The number of hydrogen-bond donors (Lipinski definition) is 1. The Labute approximate surface area is 144 Å². The van der Waals surface area contributed by atoms with Gasteiger partial charge in [0, 0.05) is 0 Å². The Kier molecular flexibility index (Phi) is 13.1. The first-order chi connectivity index (χ1) is 11.5. The Morgan fingerprint density at radius 2 is 1.25 bits per heavy atom. The van der Waals surface area contributed by atoms with E-state index < -0.39 is 29.7 Å². The van der Waals surface area contributed by atoms with Gasteiger partial charge in [-0.15, -0.1) is 0 Å². The van der Waals surface area contributed by atoms with Crippen LogP contribution in [0.25, 0.3) is 0 Å². The van der Waals surface area contributed by atoms with Crippen LogP contribution < -0.4 is 0 Å². The lowest BCUT2D eigenvalue weighted by molar-refractivity contribution is -0.169. The number of aliphatic hydroxyl groups excluding tert-OH is 1. The van der Waals surface area contributed by atoms with Crippen LogP contribution in [0, 0.1) is 5.92 Å². The van der Waals surface area contributed by atoms with E-state index in [2.05, 4.69) is 13.8 Å². The van der Waals surface area contributed by atoms with Crippen LogP contribution in [0.15, 0.2) is 0 Å². The first kappa shape index (κ1) is 22.6. The van der Waals surface area contributed by atoms with Gasteiger partial charge in [-0.25, -0.2) is 4.79 Å². The van der Waals surface area contributed by atoms with Crippen LogP contribution in [0.3, 0.4) is 0 Å². The fourth-order valence-electron chi connectivity index (χ4n) is 2.23. The fourth-order valence-corrected chi connectivity index (χ4v) is 2.23. The zero-order chi connectivity index (χ0) is 18.4. The highest BCUT2D eigenvalue weighted by Crippen LogP contribution is 2.12. The van der Waals surface area contributed by atoms with Crippen molar-refractivity contribution >= 4 is 17.7 Å². The van der Waals surface area contributed by atoms with Crippen LogP contribution >= 0.6 is 0 Å². The summed E-state index contributed by atoms with van der Waals surface area (Å²) in [5.74, 6) is -3.94. The Balaban J connectivity index is 4.33. The van der Waals surface area contributed by atoms with Crippen LogP contribution in [0.2, 0.25) is 0 Å². The number of ether oxygens (including phenoxy) is 2. The Bertz CT molecular complexity index is 380. The molecule has 0 heterocycles. The summed E-state index contributed by atoms with van der Waals surface area (Å²) in [6, 6.07) is 0. The smallest absolute Gasteiger partial charge is 0.336 e. The SMILES string of the molecule is CCCCCCOC(=O)C(O)C(C(C)=O)C(=O)OCCCCCC. The third kappa shape index (κ3) is 9.65. The minimum absolute atomic E-state index is 0.173. The van der Waals surface area contributed by atoms with E-state index in [0.717, 1.165) is 45.4 Å². The molecule has 0 saturated heterocycles. The fraction of sp³-hybridized carbons (Fsp3) is 0.833. The lowest BCUT2D eigenvalue weighted by atomic mass is 9.98. The van der Waals surface area contributed by atoms with Gasteiger partial charge in [-0.3, -0.25) is 9.59 Å². The predicted octanol–water partition coefficient (Wildman–Crippen LogP) is 2.80. The van der Waals surface area contributed by atoms with E-state index in [1.54, 1.807) is 0 Å². The first-order valence-corrected chi connectivity index (χ1v) is 8.97. The molecule has 0 fully saturated rings. The van der Waals surface area contributed by atoms with Gasteiger partial charge in [0.1, 0.15) is 5.78 Å². The summed E-state index contributed by atoms with van der Waals surface area (Å²) in [6.07, 6.45) is 5.64. The molecule has 1 N–H and O–H groups in total. The lowest BCUT2D eigenvalue weighted by Gasteiger charge is -2.18. The minimum Gasteiger partial charge on any atom is -0.465 e. The maximum Gasteiger partial charge on any atom is 0.336 e. The number of carbonyl (C=O) groups is 3. The van der Waals surface area contributed by atoms with Crippen molar-refractivity contribution in [3.05, 3.63) is 0 Å². The quantitative estimate of drug-likeness (QED) is 0.296. The van der Waals surface area contributed by atoms with Gasteiger partial charge in [-0.2, -0.15) is 0 Å². The normalized spacial score (nSPS) is 13.2. The maximum atomic E-state index is 12.0. The summed E-state index contributed by atoms with van der Waals surface area (Å²) in [5, 5.41) is 9.97. The molecule has 0 saturated carbocycles. The van der Waals surface area contributed by atoms with Gasteiger partial charge in [0.25, 0.3) is 0 Å². The number of unbranched alkanes of at least 4 members (excludes halogenated alkanes) is 6. The van der Waals surface area contributed by atoms with Gasteiger partial charge in [0.05, 0.1) is 13.2 Å². The molecular formula is C18H32O6. The van der Waals surface area contributed by atoms with Gasteiger partial charge in [0.2, 0.25) is 0 Å². The summed E-state index contributed by atoms with van der Waals surface area (Å²) in [4.78, 5) is 35.4. The van der Waals surface area contributed by atoms with Crippen LogP contribution in [0.5, 0.6) is 0 Å². The number of esters is 2. The number of Topliss-reactive ketones (excluding diaryl/α,β-unsaturated/α-hetero) is 1. The number of hydrogen-bond acceptors (Lipinski definition) is 6. The van der Waals surface area contributed by atoms with Crippen molar-refractivity contribution in [3.8, 4) is 0 Å². The molecule has 6 nitrogen and oxygen atoms in total. The highest BCUT2D eigenvalue weighted by molar-refractivity contribution is 6.02. The van der Waals surface area contributed by atoms with Crippen molar-refractivity contribution < 1.29 is 29.0 Å². The van der Waals surface area contributed by atoms with Crippen LogP contribution in [-0.2, 0) is 23.9 Å². The highest BCUT2D eigenvalue weighted by Gasteiger charge is 2.38. The van der Waals surface area contributed by atoms with Gasteiger partial charge in [-0.1, -0.05) is 52.4 Å². The van der Waals surface area contributed by atoms with Crippen molar-refractivity contribution in [2.45, 2.75) is 78.2 Å². The second-order valence-electron chi connectivity index (χ2n) is 5.99. The highest BCUT2D eigenvalue weighted by atomic mass is 16.6. The molecule has 0 spiro atoms. The molecule has 140 valence electrons. The van der Waals surface area contributed by atoms with E-state index in [1.165, 1.54) is 0 Å². The second kappa shape index (κ2) is 14.0. The Morgan fingerprint density at radius 1 is 0.792 bits per heavy atom. The molecule has 6 heteroatoms. The van der Waals surface area contributed by atoms with E-state index in [-0.39, 0.29) is 13.2 Å². The summed E-state index contributed by atoms with van der Waals surface area (Å²) in [5.41, 5.74) is 0. The van der Waals surface area contributed by atoms with Crippen LogP contribution in [0.1, 0.15) is 72.1 Å². The number of aliphatic hydroxyl groups is 1. The van der Waals surface area contributed by atoms with Gasteiger partial charge < -0.3 is 14.6 Å². The summed E-state index contributed by atoms with van der Waals surface area (Å²) >= 11 is 0. The van der Waals surface area contributed by atoms with Crippen molar-refractivity contribution in [2.75, 3.05) is 13.2 Å². The molecule has 0 aliphatic carbocycles. The van der Waals surface area contributed by atoms with E-state index in [4.69, 9.17) is 9.47 Å². The standard InChI is InChI=1S/C18H32O6/c1-4-6-8-10-12-23-17(21)15(14(3)19)16(20)18(22)24-13-11-9-7-5-2/h15-16,20H,4-13H2,1-3H3. The lowest BCUT2D eigenvalue weighted by Crippen LogP contribution is -2.41. The monoisotopic (exact) mass is 344 g/mol. The molecule has 0 rings (SSSR count). The molecule has 0 aliphatic rings. The maximum absolute atomic E-state index is 12.0. The molecular weight excluding hydrogens is 312 g/mol. The van der Waals surface area contributed by atoms with Crippen LogP contribution in [-0.4, -0.2) is 42.1 Å². The molecule has 0 radical (unpaired) electrons. The molecule has 24 heavy (non-hydrogen) atoms. The number of carbonyl (C=O) groups excluding carboxylic acids is 3. The number of rotatable bonds is 14. The van der Waals surface area contributed by atoms with Crippen LogP contribution in [0.4, 0.5) is 0 Å². The summed E-state index contributed by atoms with van der Waals surface area (Å²) in [7, 11) is 0. The topological polar surface area (TPSA) is 89.9 Å². The minimum atomic E-state index is -1.81. The summed E-state index contributed by atoms with van der Waals surface area (Å²) in [6.45, 7) is 5.65. The van der Waals surface area contributed by atoms with Crippen molar-refractivity contribution in [3.63, 3.8) is 0 Å². The third-order valence-corrected chi connectivity index (χ3v) is 3.73. The summed E-state index contributed by atoms with van der Waals surface area (Å²) < 4.78 is 9.95. The largest absolute Gasteiger partial charge is 0.465 e. The molecule has 0 bridgehead atoms. The van der Waals surface area contributed by atoms with Crippen molar-refractivity contribution in [2.24, 2.45) is 5.92 Å². The molecule has 0 aromatic rings. The Morgan fingerprint density at radius 3 is 1.67 bits per heavy atom.